The monoisotopic (exact) mass is 124 g/mol. The first-order valence-corrected chi connectivity index (χ1v) is 2.92. The molecule has 9 heavy (non-hydrogen) atoms. The average Bonchev–Trinajstić information content (AvgIpc) is 1.85. The lowest BCUT2D eigenvalue weighted by Gasteiger charge is -1.91. The van der Waals surface area contributed by atoms with Gasteiger partial charge in [-0.05, 0) is 12.5 Å². The summed E-state index contributed by atoms with van der Waals surface area (Å²) in [5.74, 6) is 0.366. The van der Waals surface area contributed by atoms with Gasteiger partial charge in [-0.25, -0.2) is 0 Å². The van der Waals surface area contributed by atoms with Gasteiger partial charge in [0.05, 0.1) is 5.76 Å². The molecule has 0 fully saturated rings. The molecule has 50 valence electrons. The van der Waals surface area contributed by atoms with Crippen LogP contribution in [-0.4, -0.2) is 5.11 Å². The van der Waals surface area contributed by atoms with Gasteiger partial charge in [-0.3, -0.25) is 0 Å². The standard InChI is InChI=1S/C8H12O/c1-3-5-7-8(9)6-4-2/h3-4,6,9H,1-2,5,7H2/b8-6+. The molecule has 0 aliphatic rings. The lowest BCUT2D eigenvalue weighted by atomic mass is 10.2. The predicted octanol–water partition coefficient (Wildman–Crippen LogP) is 2.58. The molecule has 0 unspecified atom stereocenters. The molecule has 0 rings (SSSR count). The molecule has 0 radical (unpaired) electrons. The Bertz CT molecular complexity index is 123. The minimum absolute atomic E-state index is 0.366. The number of aliphatic hydroxyl groups is 1. The van der Waals surface area contributed by atoms with E-state index in [-0.39, 0.29) is 0 Å². The number of hydrogen-bond acceptors (Lipinski definition) is 1. The van der Waals surface area contributed by atoms with Gasteiger partial charge in [0.25, 0.3) is 0 Å². The summed E-state index contributed by atoms with van der Waals surface area (Å²) in [5.41, 5.74) is 0. The van der Waals surface area contributed by atoms with Crippen LogP contribution in [0.5, 0.6) is 0 Å². The van der Waals surface area contributed by atoms with Gasteiger partial charge >= 0.3 is 0 Å². The Morgan fingerprint density at radius 3 is 2.56 bits per heavy atom. The zero-order valence-electron chi connectivity index (χ0n) is 5.51. The molecule has 0 saturated carbocycles. The third-order valence-corrected chi connectivity index (χ3v) is 0.915. The largest absolute Gasteiger partial charge is 0.512 e. The van der Waals surface area contributed by atoms with Gasteiger partial charge < -0.3 is 5.11 Å². The van der Waals surface area contributed by atoms with E-state index in [1.165, 1.54) is 0 Å². The van der Waals surface area contributed by atoms with Crippen molar-refractivity contribution in [2.45, 2.75) is 12.8 Å². The molecule has 0 bridgehead atoms. The van der Waals surface area contributed by atoms with E-state index in [9.17, 15) is 0 Å². The number of rotatable bonds is 4. The van der Waals surface area contributed by atoms with E-state index >= 15 is 0 Å². The minimum atomic E-state index is 0.366. The third-order valence-electron chi connectivity index (χ3n) is 0.915. The maximum atomic E-state index is 8.92. The summed E-state index contributed by atoms with van der Waals surface area (Å²) in [4.78, 5) is 0. The lowest BCUT2D eigenvalue weighted by Crippen LogP contribution is -1.77. The zero-order chi connectivity index (χ0) is 7.11. The smallest absolute Gasteiger partial charge is 0.0925 e. The SMILES string of the molecule is C=C/C=C(/O)CCC=C. The Morgan fingerprint density at radius 1 is 1.44 bits per heavy atom. The summed E-state index contributed by atoms with van der Waals surface area (Å²) in [5, 5.41) is 8.92. The van der Waals surface area contributed by atoms with Crippen molar-refractivity contribution in [3.63, 3.8) is 0 Å². The van der Waals surface area contributed by atoms with Crippen LogP contribution in [0.25, 0.3) is 0 Å². The van der Waals surface area contributed by atoms with Gasteiger partial charge in [-0.15, -0.1) is 6.58 Å². The molecule has 0 aromatic heterocycles. The summed E-state index contributed by atoms with van der Waals surface area (Å²) in [6.45, 7) is 6.98. The van der Waals surface area contributed by atoms with E-state index in [2.05, 4.69) is 13.2 Å². The van der Waals surface area contributed by atoms with E-state index in [1.807, 2.05) is 0 Å². The van der Waals surface area contributed by atoms with Crippen molar-refractivity contribution in [1.82, 2.24) is 0 Å². The zero-order valence-corrected chi connectivity index (χ0v) is 5.51. The quantitative estimate of drug-likeness (QED) is 0.347. The Morgan fingerprint density at radius 2 is 2.11 bits per heavy atom. The van der Waals surface area contributed by atoms with Crippen molar-refractivity contribution < 1.29 is 5.11 Å². The van der Waals surface area contributed by atoms with Crippen molar-refractivity contribution >= 4 is 0 Å². The summed E-state index contributed by atoms with van der Waals surface area (Å²) < 4.78 is 0. The van der Waals surface area contributed by atoms with Crippen LogP contribution in [0, 0.1) is 0 Å². The van der Waals surface area contributed by atoms with Crippen molar-refractivity contribution in [2.75, 3.05) is 0 Å². The van der Waals surface area contributed by atoms with Crippen LogP contribution in [0.3, 0.4) is 0 Å². The summed E-state index contributed by atoms with van der Waals surface area (Å²) >= 11 is 0. The molecule has 0 spiro atoms. The molecule has 0 aliphatic heterocycles. The van der Waals surface area contributed by atoms with Crippen LogP contribution >= 0.6 is 0 Å². The van der Waals surface area contributed by atoms with E-state index in [4.69, 9.17) is 5.11 Å². The predicted molar refractivity (Wildman–Crippen MR) is 40.3 cm³/mol. The van der Waals surface area contributed by atoms with Crippen LogP contribution < -0.4 is 0 Å². The first-order chi connectivity index (χ1) is 4.31. The van der Waals surface area contributed by atoms with E-state index in [0.29, 0.717) is 12.2 Å². The molecule has 0 aromatic rings. The molecule has 1 nitrogen and oxygen atoms in total. The van der Waals surface area contributed by atoms with Crippen molar-refractivity contribution in [3.8, 4) is 0 Å². The summed E-state index contributed by atoms with van der Waals surface area (Å²) in [7, 11) is 0. The number of hydrogen-bond donors (Lipinski definition) is 1. The van der Waals surface area contributed by atoms with Gasteiger partial charge in [-0.1, -0.05) is 18.7 Å². The van der Waals surface area contributed by atoms with Crippen LogP contribution in [0.15, 0.2) is 37.1 Å². The van der Waals surface area contributed by atoms with Gasteiger partial charge in [-0.2, -0.15) is 0 Å². The second-order valence-corrected chi connectivity index (χ2v) is 1.72. The molecule has 1 heteroatoms. The molecule has 0 saturated heterocycles. The normalized spacial score (nSPS) is 10.9. The Balaban J connectivity index is 3.47. The van der Waals surface area contributed by atoms with Crippen LogP contribution in [0.1, 0.15) is 12.8 Å². The maximum Gasteiger partial charge on any atom is 0.0925 e. The topological polar surface area (TPSA) is 20.2 Å². The van der Waals surface area contributed by atoms with Crippen molar-refractivity contribution in [3.05, 3.63) is 37.1 Å². The fraction of sp³-hybridized carbons (Fsp3) is 0.250. The highest BCUT2D eigenvalue weighted by Crippen LogP contribution is 2.00. The summed E-state index contributed by atoms with van der Waals surface area (Å²) in [6, 6.07) is 0. The van der Waals surface area contributed by atoms with Gasteiger partial charge in [0.15, 0.2) is 0 Å². The van der Waals surface area contributed by atoms with E-state index in [1.54, 1.807) is 18.2 Å². The number of allylic oxidation sites excluding steroid dienone is 4. The van der Waals surface area contributed by atoms with Gasteiger partial charge in [0.2, 0.25) is 0 Å². The first-order valence-electron chi connectivity index (χ1n) is 2.92. The summed E-state index contributed by atoms with van der Waals surface area (Å²) in [6.07, 6.45) is 6.40. The lowest BCUT2D eigenvalue weighted by molar-refractivity contribution is 0.390. The Kier molecular flexibility index (Phi) is 4.60. The molecule has 0 aliphatic carbocycles. The molecule has 1 N–H and O–H groups in total. The van der Waals surface area contributed by atoms with Crippen molar-refractivity contribution in [2.24, 2.45) is 0 Å². The van der Waals surface area contributed by atoms with Gasteiger partial charge in [0.1, 0.15) is 0 Å². The van der Waals surface area contributed by atoms with Crippen LogP contribution in [0.4, 0.5) is 0 Å². The molecular weight excluding hydrogens is 112 g/mol. The molecule has 0 heterocycles. The average molecular weight is 124 g/mol. The fourth-order valence-corrected chi connectivity index (χ4v) is 0.469. The molecule has 0 amide bonds. The first kappa shape index (κ1) is 8.02. The maximum absolute atomic E-state index is 8.92. The van der Waals surface area contributed by atoms with Crippen LogP contribution in [-0.2, 0) is 0 Å². The second-order valence-electron chi connectivity index (χ2n) is 1.72. The third kappa shape index (κ3) is 4.88. The molecule has 0 aromatic carbocycles. The highest BCUT2D eigenvalue weighted by Gasteiger charge is 1.85. The van der Waals surface area contributed by atoms with Crippen LogP contribution in [0.2, 0.25) is 0 Å². The van der Waals surface area contributed by atoms with E-state index < -0.39 is 0 Å². The van der Waals surface area contributed by atoms with E-state index in [0.717, 1.165) is 6.42 Å². The second kappa shape index (κ2) is 5.16. The minimum Gasteiger partial charge on any atom is -0.512 e. The van der Waals surface area contributed by atoms with Crippen molar-refractivity contribution in [1.29, 1.82) is 0 Å². The fourth-order valence-electron chi connectivity index (χ4n) is 0.469. The Hall–Kier alpha value is -0.980. The van der Waals surface area contributed by atoms with Gasteiger partial charge in [0, 0.05) is 6.42 Å². The molecule has 0 atom stereocenters. The molecular formula is C8H12O. The Labute approximate surface area is 56.0 Å². The highest BCUT2D eigenvalue weighted by atomic mass is 16.3. The number of aliphatic hydroxyl groups excluding tert-OH is 1. The highest BCUT2D eigenvalue weighted by molar-refractivity contribution is 5.03.